The first-order valence-electron chi connectivity index (χ1n) is 6.03. The summed E-state index contributed by atoms with van der Waals surface area (Å²) in [4.78, 5) is 15.5. The lowest BCUT2D eigenvalue weighted by atomic mass is 10.1. The monoisotopic (exact) mass is 271 g/mol. The minimum absolute atomic E-state index is 0.194. The van der Waals surface area contributed by atoms with E-state index in [2.05, 4.69) is 4.98 Å². The molecule has 3 aromatic rings. The molecular weight excluding hydrogens is 258 g/mol. The molecule has 6 nitrogen and oxygen atoms in total. The summed E-state index contributed by atoms with van der Waals surface area (Å²) in [5.41, 5.74) is 1.81. The Labute approximate surface area is 114 Å². The second kappa shape index (κ2) is 4.41. The number of fused-ring (bicyclic) bond motifs is 1. The molecule has 0 aliphatic carbocycles. The maximum atomic E-state index is 11.1. The van der Waals surface area contributed by atoms with Gasteiger partial charge in [-0.15, -0.1) is 0 Å². The average molecular weight is 271 g/mol. The van der Waals surface area contributed by atoms with Crippen LogP contribution < -0.4 is 4.74 Å². The van der Waals surface area contributed by atoms with Crippen LogP contribution in [0, 0.1) is 0 Å². The summed E-state index contributed by atoms with van der Waals surface area (Å²) >= 11 is 0. The molecule has 0 spiro atoms. The molecule has 0 radical (unpaired) electrons. The molecule has 2 aromatic heterocycles. The predicted molar refractivity (Wildman–Crippen MR) is 73.1 cm³/mol. The molecule has 0 fully saturated rings. The fraction of sp³-hybridized carbons (Fsp3) is 0.143. The number of hydrogen-bond donors (Lipinski definition) is 1. The molecule has 0 unspecified atom stereocenters. The number of carbonyl (C=O) groups is 1. The Balaban J connectivity index is 2.17. The van der Waals surface area contributed by atoms with Gasteiger partial charge in [0.05, 0.1) is 12.8 Å². The maximum Gasteiger partial charge on any atom is 0.354 e. The van der Waals surface area contributed by atoms with Gasteiger partial charge >= 0.3 is 5.97 Å². The summed E-state index contributed by atoms with van der Waals surface area (Å²) in [7, 11) is 3.29. The highest BCUT2D eigenvalue weighted by Crippen LogP contribution is 2.29. The molecule has 1 N–H and O–H groups in total. The van der Waals surface area contributed by atoms with Crippen LogP contribution in [-0.4, -0.2) is 32.1 Å². The van der Waals surface area contributed by atoms with E-state index in [0.29, 0.717) is 5.78 Å². The van der Waals surface area contributed by atoms with Crippen LogP contribution in [0.2, 0.25) is 0 Å². The molecule has 6 heteroatoms. The van der Waals surface area contributed by atoms with Crippen LogP contribution >= 0.6 is 0 Å². The van der Waals surface area contributed by atoms with Gasteiger partial charge in [0.25, 0.3) is 0 Å². The van der Waals surface area contributed by atoms with Gasteiger partial charge < -0.3 is 14.4 Å². The number of carboxylic acids is 1. The lowest BCUT2D eigenvalue weighted by Crippen LogP contribution is -2.04. The van der Waals surface area contributed by atoms with Crippen LogP contribution in [-0.2, 0) is 7.05 Å². The first kappa shape index (κ1) is 12.3. The Morgan fingerprint density at radius 1 is 1.30 bits per heavy atom. The molecule has 1 aromatic carbocycles. The molecule has 0 amide bonds. The quantitative estimate of drug-likeness (QED) is 0.791. The van der Waals surface area contributed by atoms with Crippen molar-refractivity contribution >= 4 is 11.7 Å². The lowest BCUT2D eigenvalue weighted by Gasteiger charge is -2.04. The number of ether oxygens (including phenoxy) is 1. The summed E-state index contributed by atoms with van der Waals surface area (Å²) in [5.74, 6) is 0.328. The normalized spacial score (nSPS) is 10.9. The summed E-state index contributed by atoms with van der Waals surface area (Å²) in [6, 6.07) is 7.58. The van der Waals surface area contributed by atoms with E-state index in [4.69, 9.17) is 9.84 Å². The standard InChI is InChI=1S/C14H13N3O3/c1-16-11(13(18)19)8-17-7-10(15-14(16)17)9-5-3-4-6-12(9)20-2/h3-8H,1-2H3,(H,18,19). The summed E-state index contributed by atoms with van der Waals surface area (Å²) in [5, 5.41) is 9.07. The van der Waals surface area contributed by atoms with Gasteiger partial charge in [-0.05, 0) is 12.1 Å². The van der Waals surface area contributed by atoms with Crippen molar-refractivity contribution in [3.63, 3.8) is 0 Å². The maximum absolute atomic E-state index is 11.1. The van der Waals surface area contributed by atoms with Gasteiger partial charge in [-0.3, -0.25) is 4.40 Å². The van der Waals surface area contributed by atoms with E-state index in [0.717, 1.165) is 17.0 Å². The van der Waals surface area contributed by atoms with Crippen molar-refractivity contribution in [2.24, 2.45) is 7.05 Å². The van der Waals surface area contributed by atoms with Crippen molar-refractivity contribution in [3.8, 4) is 17.0 Å². The Morgan fingerprint density at radius 3 is 2.70 bits per heavy atom. The summed E-state index contributed by atoms with van der Waals surface area (Å²) in [6.45, 7) is 0. The number of aromatic carboxylic acids is 1. The van der Waals surface area contributed by atoms with Crippen LogP contribution in [0.1, 0.15) is 10.5 Å². The lowest BCUT2D eigenvalue weighted by molar-refractivity contribution is 0.0686. The van der Waals surface area contributed by atoms with Gasteiger partial charge in [0.2, 0.25) is 5.78 Å². The molecule has 0 saturated carbocycles. The summed E-state index contributed by atoms with van der Waals surface area (Å²) < 4.78 is 8.56. The fourth-order valence-electron chi connectivity index (χ4n) is 2.24. The number of para-hydroxylation sites is 1. The minimum Gasteiger partial charge on any atom is -0.496 e. The molecule has 0 aliphatic heterocycles. The molecule has 3 rings (SSSR count). The SMILES string of the molecule is COc1ccccc1-c1cn2cc(C(=O)O)n(C)c2n1. The van der Waals surface area contributed by atoms with Crippen molar-refractivity contribution in [1.29, 1.82) is 0 Å². The van der Waals surface area contributed by atoms with Crippen LogP contribution in [0.5, 0.6) is 5.75 Å². The largest absolute Gasteiger partial charge is 0.496 e. The van der Waals surface area contributed by atoms with Gasteiger partial charge in [-0.1, -0.05) is 12.1 Å². The second-order valence-corrected chi connectivity index (χ2v) is 4.41. The Hall–Kier alpha value is -2.76. The van der Waals surface area contributed by atoms with Crippen molar-refractivity contribution in [2.45, 2.75) is 0 Å². The molecule has 0 atom stereocenters. The van der Waals surface area contributed by atoms with Gasteiger partial charge in [-0.2, -0.15) is 0 Å². The molecule has 0 aliphatic rings. The van der Waals surface area contributed by atoms with Crippen molar-refractivity contribution in [3.05, 3.63) is 42.4 Å². The first-order valence-corrected chi connectivity index (χ1v) is 6.03. The molecule has 102 valence electrons. The first-order chi connectivity index (χ1) is 9.61. The van der Waals surface area contributed by atoms with E-state index in [1.165, 1.54) is 0 Å². The highest BCUT2D eigenvalue weighted by molar-refractivity contribution is 5.86. The average Bonchev–Trinajstić information content (AvgIpc) is 2.99. The Kier molecular flexibility index (Phi) is 2.71. The fourth-order valence-corrected chi connectivity index (χ4v) is 2.24. The molecule has 20 heavy (non-hydrogen) atoms. The molecular formula is C14H13N3O3. The van der Waals surface area contributed by atoms with E-state index >= 15 is 0 Å². The van der Waals surface area contributed by atoms with Crippen molar-refractivity contribution < 1.29 is 14.6 Å². The third kappa shape index (κ3) is 1.73. The number of benzene rings is 1. The van der Waals surface area contributed by atoms with Crippen LogP contribution in [0.4, 0.5) is 0 Å². The van der Waals surface area contributed by atoms with Gasteiger partial charge in [0.1, 0.15) is 11.4 Å². The zero-order valence-corrected chi connectivity index (χ0v) is 11.1. The van der Waals surface area contributed by atoms with Gasteiger partial charge in [-0.25, -0.2) is 9.78 Å². The number of imidazole rings is 2. The van der Waals surface area contributed by atoms with E-state index in [1.807, 2.05) is 24.3 Å². The number of aryl methyl sites for hydroxylation is 1. The Morgan fingerprint density at radius 2 is 2.05 bits per heavy atom. The van der Waals surface area contributed by atoms with Crippen LogP contribution in [0.3, 0.4) is 0 Å². The number of methoxy groups -OCH3 is 1. The smallest absolute Gasteiger partial charge is 0.354 e. The number of nitrogens with zero attached hydrogens (tertiary/aromatic N) is 3. The highest BCUT2D eigenvalue weighted by Gasteiger charge is 2.16. The molecule has 0 saturated heterocycles. The van der Waals surface area contributed by atoms with Crippen LogP contribution in [0.25, 0.3) is 17.0 Å². The second-order valence-electron chi connectivity index (χ2n) is 4.41. The zero-order valence-electron chi connectivity index (χ0n) is 11.1. The number of rotatable bonds is 3. The van der Waals surface area contributed by atoms with E-state index in [-0.39, 0.29) is 5.69 Å². The number of hydrogen-bond acceptors (Lipinski definition) is 3. The van der Waals surface area contributed by atoms with E-state index in [1.54, 1.807) is 35.5 Å². The van der Waals surface area contributed by atoms with Gasteiger partial charge in [0.15, 0.2) is 0 Å². The minimum atomic E-state index is -0.975. The summed E-state index contributed by atoms with van der Waals surface area (Å²) in [6.07, 6.45) is 3.34. The van der Waals surface area contributed by atoms with Gasteiger partial charge in [0, 0.05) is 25.0 Å². The third-order valence-electron chi connectivity index (χ3n) is 3.24. The zero-order chi connectivity index (χ0) is 14.3. The van der Waals surface area contributed by atoms with Crippen molar-refractivity contribution in [1.82, 2.24) is 14.0 Å². The predicted octanol–water partition coefficient (Wildman–Crippen LogP) is 2.05. The van der Waals surface area contributed by atoms with E-state index < -0.39 is 5.97 Å². The highest BCUT2D eigenvalue weighted by atomic mass is 16.5. The van der Waals surface area contributed by atoms with Crippen molar-refractivity contribution in [2.75, 3.05) is 7.11 Å². The van der Waals surface area contributed by atoms with Crippen LogP contribution in [0.15, 0.2) is 36.7 Å². The topological polar surface area (TPSA) is 68.8 Å². The Bertz CT molecular complexity index is 801. The molecule has 0 bridgehead atoms. The third-order valence-corrected chi connectivity index (χ3v) is 3.24. The molecule has 2 heterocycles. The van der Waals surface area contributed by atoms with E-state index in [9.17, 15) is 4.79 Å². The number of carboxylic acid groups (broad SMARTS) is 1. The number of aromatic nitrogens is 3.